The predicted molar refractivity (Wildman–Crippen MR) is 95.9 cm³/mol. The lowest BCUT2D eigenvalue weighted by molar-refractivity contribution is -0.128. The van der Waals surface area contributed by atoms with Gasteiger partial charge in [-0.15, -0.1) is 0 Å². The molecule has 1 atom stereocenters. The van der Waals surface area contributed by atoms with Crippen LogP contribution in [-0.2, 0) is 11.2 Å². The van der Waals surface area contributed by atoms with Crippen LogP contribution in [0.15, 0.2) is 48.5 Å². The van der Waals surface area contributed by atoms with E-state index >= 15 is 0 Å². The van der Waals surface area contributed by atoms with Gasteiger partial charge in [0, 0.05) is 11.6 Å². The molecule has 1 amide bonds. The van der Waals surface area contributed by atoms with Crippen LogP contribution in [-0.4, -0.2) is 25.7 Å². The first-order valence-electron chi connectivity index (χ1n) is 7.95. The van der Waals surface area contributed by atoms with E-state index in [1.54, 1.807) is 31.4 Å². The van der Waals surface area contributed by atoms with Crippen molar-refractivity contribution in [3.8, 4) is 11.5 Å². The Morgan fingerprint density at radius 1 is 1.08 bits per heavy atom. The topological polar surface area (TPSA) is 47.6 Å². The maximum Gasteiger partial charge on any atom is 0.261 e. The highest BCUT2D eigenvalue weighted by atomic mass is 35.5. The van der Waals surface area contributed by atoms with Crippen molar-refractivity contribution in [3.05, 3.63) is 59.1 Å². The lowest BCUT2D eigenvalue weighted by atomic mass is 10.1. The molecule has 2 rings (SSSR count). The van der Waals surface area contributed by atoms with E-state index in [4.69, 9.17) is 21.1 Å². The molecule has 2 aromatic carbocycles. The average Bonchev–Trinajstić information content (AvgIpc) is 2.61. The fourth-order valence-corrected chi connectivity index (χ4v) is 2.36. The van der Waals surface area contributed by atoms with E-state index in [0.29, 0.717) is 23.7 Å². The summed E-state index contributed by atoms with van der Waals surface area (Å²) in [5.74, 6) is 1.35. The van der Waals surface area contributed by atoms with Gasteiger partial charge in [0.1, 0.15) is 11.5 Å². The van der Waals surface area contributed by atoms with E-state index in [1.165, 1.54) is 0 Å². The summed E-state index contributed by atoms with van der Waals surface area (Å²) in [5.41, 5.74) is 1.14. The van der Waals surface area contributed by atoms with Crippen molar-refractivity contribution < 1.29 is 14.3 Å². The Hall–Kier alpha value is -2.20. The first-order valence-corrected chi connectivity index (χ1v) is 8.33. The van der Waals surface area contributed by atoms with Gasteiger partial charge in [0.2, 0.25) is 0 Å². The fourth-order valence-electron chi connectivity index (χ4n) is 2.24. The van der Waals surface area contributed by atoms with Gasteiger partial charge < -0.3 is 14.8 Å². The van der Waals surface area contributed by atoms with Gasteiger partial charge in [0.25, 0.3) is 5.91 Å². The molecular formula is C19H22ClNO3. The van der Waals surface area contributed by atoms with Gasteiger partial charge in [-0.1, -0.05) is 30.7 Å². The number of nitrogens with one attached hydrogen (secondary N) is 1. The minimum atomic E-state index is -0.512. The van der Waals surface area contributed by atoms with E-state index < -0.39 is 6.10 Å². The predicted octanol–water partition coefficient (Wildman–Crippen LogP) is 3.86. The Balaban J connectivity index is 1.81. The summed E-state index contributed by atoms with van der Waals surface area (Å²) in [6.07, 6.45) is 0.839. The van der Waals surface area contributed by atoms with Crippen LogP contribution in [0.1, 0.15) is 18.9 Å². The third-order valence-electron chi connectivity index (χ3n) is 3.63. The SMILES string of the molecule is CC[C@H](Oc1ccc(Cl)cc1)C(=O)NCCc1ccc(OC)cc1. The summed E-state index contributed by atoms with van der Waals surface area (Å²) >= 11 is 5.85. The number of benzene rings is 2. The lowest BCUT2D eigenvalue weighted by Gasteiger charge is -2.17. The summed E-state index contributed by atoms with van der Waals surface area (Å²) in [7, 11) is 1.64. The van der Waals surface area contributed by atoms with Crippen molar-refractivity contribution in [1.29, 1.82) is 0 Å². The number of amides is 1. The molecule has 0 aromatic heterocycles. The molecule has 24 heavy (non-hydrogen) atoms. The summed E-state index contributed by atoms with van der Waals surface area (Å²) in [6, 6.07) is 14.8. The second-order valence-corrected chi connectivity index (χ2v) is 5.79. The van der Waals surface area contributed by atoms with Gasteiger partial charge in [0.15, 0.2) is 6.10 Å². The summed E-state index contributed by atoms with van der Waals surface area (Å²) in [6.45, 7) is 2.48. The first-order chi connectivity index (χ1) is 11.6. The molecular weight excluding hydrogens is 326 g/mol. The number of hydrogen-bond acceptors (Lipinski definition) is 3. The van der Waals surface area contributed by atoms with Crippen molar-refractivity contribution >= 4 is 17.5 Å². The molecule has 0 aliphatic carbocycles. The first kappa shape index (κ1) is 18.1. The lowest BCUT2D eigenvalue weighted by Crippen LogP contribution is -2.38. The van der Waals surface area contributed by atoms with Crippen LogP contribution < -0.4 is 14.8 Å². The Morgan fingerprint density at radius 3 is 2.29 bits per heavy atom. The number of carbonyl (C=O) groups excluding carboxylic acids is 1. The van der Waals surface area contributed by atoms with Gasteiger partial charge in [-0.05, 0) is 54.8 Å². The monoisotopic (exact) mass is 347 g/mol. The molecule has 0 spiro atoms. The Morgan fingerprint density at radius 2 is 1.71 bits per heavy atom. The van der Waals surface area contributed by atoms with Crippen molar-refractivity contribution in [3.63, 3.8) is 0 Å². The van der Waals surface area contributed by atoms with Gasteiger partial charge in [0.05, 0.1) is 7.11 Å². The minimum Gasteiger partial charge on any atom is -0.497 e. The van der Waals surface area contributed by atoms with Crippen LogP contribution in [0.3, 0.4) is 0 Å². The van der Waals surface area contributed by atoms with Crippen LogP contribution in [0.25, 0.3) is 0 Å². The molecule has 1 N–H and O–H groups in total. The zero-order valence-corrected chi connectivity index (χ0v) is 14.7. The average molecular weight is 348 g/mol. The van der Waals surface area contributed by atoms with Crippen molar-refractivity contribution in [2.75, 3.05) is 13.7 Å². The Kier molecular flexibility index (Phi) is 6.94. The van der Waals surface area contributed by atoms with Crippen LogP contribution in [0.2, 0.25) is 5.02 Å². The molecule has 0 fully saturated rings. The van der Waals surface area contributed by atoms with E-state index in [-0.39, 0.29) is 5.91 Å². The second-order valence-electron chi connectivity index (χ2n) is 5.36. The van der Waals surface area contributed by atoms with Crippen LogP contribution in [0.5, 0.6) is 11.5 Å². The molecule has 0 aliphatic heterocycles. The molecule has 128 valence electrons. The van der Waals surface area contributed by atoms with Crippen molar-refractivity contribution in [2.45, 2.75) is 25.9 Å². The fraction of sp³-hybridized carbons (Fsp3) is 0.316. The highest BCUT2D eigenvalue weighted by Gasteiger charge is 2.17. The van der Waals surface area contributed by atoms with Crippen LogP contribution >= 0.6 is 11.6 Å². The smallest absolute Gasteiger partial charge is 0.261 e. The number of halogens is 1. The number of methoxy groups -OCH3 is 1. The van der Waals surface area contributed by atoms with Gasteiger partial charge >= 0.3 is 0 Å². The van der Waals surface area contributed by atoms with Crippen LogP contribution in [0.4, 0.5) is 0 Å². The third kappa shape index (κ3) is 5.46. The molecule has 0 heterocycles. The molecule has 0 aliphatic rings. The molecule has 0 radical (unpaired) electrons. The standard InChI is InChI=1S/C19H22ClNO3/c1-3-18(24-17-10-6-15(20)7-11-17)19(22)21-13-12-14-4-8-16(23-2)9-5-14/h4-11,18H,3,12-13H2,1-2H3,(H,21,22)/t18-/m0/s1. The zero-order valence-electron chi connectivity index (χ0n) is 13.9. The maximum absolute atomic E-state index is 12.3. The highest BCUT2D eigenvalue weighted by molar-refractivity contribution is 6.30. The maximum atomic E-state index is 12.3. The van der Waals surface area contributed by atoms with E-state index in [1.807, 2.05) is 31.2 Å². The quantitative estimate of drug-likeness (QED) is 0.788. The summed E-state index contributed by atoms with van der Waals surface area (Å²) in [5, 5.41) is 3.56. The number of ether oxygens (including phenoxy) is 2. The van der Waals surface area contributed by atoms with Gasteiger partial charge in [-0.2, -0.15) is 0 Å². The zero-order chi connectivity index (χ0) is 17.4. The number of hydrogen-bond donors (Lipinski definition) is 1. The second kappa shape index (κ2) is 9.18. The van der Waals surface area contributed by atoms with Crippen molar-refractivity contribution in [1.82, 2.24) is 5.32 Å². The minimum absolute atomic E-state index is 0.110. The Labute approximate surface area is 147 Å². The summed E-state index contributed by atoms with van der Waals surface area (Å²) < 4.78 is 10.9. The molecule has 0 saturated carbocycles. The number of carbonyl (C=O) groups is 1. The molecule has 0 unspecified atom stereocenters. The molecule has 4 nitrogen and oxygen atoms in total. The van der Waals surface area contributed by atoms with Crippen LogP contribution in [0, 0.1) is 0 Å². The Bertz CT molecular complexity index is 641. The van der Waals surface area contributed by atoms with E-state index in [9.17, 15) is 4.79 Å². The molecule has 0 saturated heterocycles. The largest absolute Gasteiger partial charge is 0.497 e. The number of rotatable bonds is 8. The normalized spacial score (nSPS) is 11.6. The summed E-state index contributed by atoms with van der Waals surface area (Å²) in [4.78, 5) is 12.3. The molecule has 5 heteroatoms. The van der Waals surface area contributed by atoms with Gasteiger partial charge in [-0.25, -0.2) is 0 Å². The third-order valence-corrected chi connectivity index (χ3v) is 3.88. The van der Waals surface area contributed by atoms with E-state index in [2.05, 4.69) is 5.32 Å². The highest BCUT2D eigenvalue weighted by Crippen LogP contribution is 2.17. The molecule has 0 bridgehead atoms. The van der Waals surface area contributed by atoms with Crippen molar-refractivity contribution in [2.24, 2.45) is 0 Å². The molecule has 2 aromatic rings. The van der Waals surface area contributed by atoms with E-state index in [0.717, 1.165) is 17.7 Å². The van der Waals surface area contributed by atoms with Gasteiger partial charge in [-0.3, -0.25) is 4.79 Å².